The largest absolute Gasteiger partial charge is 0.508 e. The van der Waals surface area contributed by atoms with Crippen molar-refractivity contribution in [2.45, 2.75) is 12.5 Å². The summed E-state index contributed by atoms with van der Waals surface area (Å²) >= 11 is 11.7. The number of halogens is 2. The van der Waals surface area contributed by atoms with Gasteiger partial charge >= 0.3 is 0 Å². The molecule has 0 heterocycles. The van der Waals surface area contributed by atoms with Gasteiger partial charge in [0.1, 0.15) is 11.4 Å². The van der Waals surface area contributed by atoms with Crippen LogP contribution in [0.2, 0.25) is 10.0 Å². The topological polar surface area (TPSA) is 40.5 Å². The summed E-state index contributed by atoms with van der Waals surface area (Å²) in [5.74, 6) is -0.000602. The van der Waals surface area contributed by atoms with Crippen molar-refractivity contribution >= 4 is 23.2 Å². The van der Waals surface area contributed by atoms with Gasteiger partial charge in [-0.25, -0.2) is 0 Å². The van der Waals surface area contributed by atoms with Crippen LogP contribution < -0.4 is 0 Å². The zero-order valence-corrected chi connectivity index (χ0v) is 11.2. The molecule has 0 radical (unpaired) electrons. The molecule has 0 spiro atoms. The normalized spacial score (nSPS) is 14.2. The molecule has 4 heteroatoms. The second-order valence-electron chi connectivity index (χ2n) is 4.24. The van der Waals surface area contributed by atoms with Gasteiger partial charge in [-0.1, -0.05) is 35.3 Å². The van der Waals surface area contributed by atoms with Gasteiger partial charge < -0.3 is 10.2 Å². The summed E-state index contributed by atoms with van der Waals surface area (Å²) in [7, 11) is 0. The summed E-state index contributed by atoms with van der Waals surface area (Å²) in [5.41, 5.74) is -0.346. The first kappa shape index (κ1) is 13.2. The van der Waals surface area contributed by atoms with Gasteiger partial charge in [0.25, 0.3) is 0 Å². The molecule has 2 rings (SSSR count). The first-order valence-corrected chi connectivity index (χ1v) is 6.14. The lowest BCUT2D eigenvalue weighted by Gasteiger charge is -2.25. The first-order valence-electron chi connectivity index (χ1n) is 5.38. The summed E-state index contributed by atoms with van der Waals surface area (Å²) < 4.78 is 0. The van der Waals surface area contributed by atoms with E-state index in [-0.39, 0.29) is 5.75 Å². The molecule has 0 aliphatic rings. The fraction of sp³-hybridized carbons (Fsp3) is 0.143. The van der Waals surface area contributed by atoms with E-state index in [1.54, 1.807) is 43.3 Å². The molecule has 2 nitrogen and oxygen atoms in total. The zero-order chi connectivity index (χ0) is 13.3. The number of aromatic hydroxyl groups is 1. The predicted octanol–water partition coefficient (Wildman–Crippen LogP) is 3.95. The molecule has 2 aromatic carbocycles. The Balaban J connectivity index is 2.53. The van der Waals surface area contributed by atoms with E-state index in [2.05, 4.69) is 0 Å². The SMILES string of the molecule is CC(O)(c1ccc(Cl)cc1)c1cc(Cl)ccc1O. The third kappa shape index (κ3) is 2.46. The van der Waals surface area contributed by atoms with Crippen LogP contribution in [0.1, 0.15) is 18.1 Å². The van der Waals surface area contributed by atoms with Crippen molar-refractivity contribution in [3.8, 4) is 5.75 Å². The molecule has 0 bridgehead atoms. The molecule has 0 fully saturated rings. The van der Waals surface area contributed by atoms with Crippen LogP contribution >= 0.6 is 23.2 Å². The van der Waals surface area contributed by atoms with Gasteiger partial charge in [-0.2, -0.15) is 0 Å². The number of benzene rings is 2. The first-order chi connectivity index (χ1) is 8.41. The van der Waals surface area contributed by atoms with Crippen LogP contribution in [0, 0.1) is 0 Å². The van der Waals surface area contributed by atoms with Gasteiger partial charge in [-0.15, -0.1) is 0 Å². The fourth-order valence-corrected chi connectivity index (χ4v) is 2.13. The van der Waals surface area contributed by atoms with Crippen molar-refractivity contribution in [1.29, 1.82) is 0 Å². The summed E-state index contributed by atoms with van der Waals surface area (Å²) in [6.45, 7) is 1.60. The highest BCUT2D eigenvalue weighted by molar-refractivity contribution is 6.31. The van der Waals surface area contributed by atoms with Crippen molar-refractivity contribution in [2.24, 2.45) is 0 Å². The number of phenols is 1. The molecular formula is C14H12Cl2O2. The maximum absolute atomic E-state index is 10.6. The lowest BCUT2D eigenvalue weighted by molar-refractivity contribution is 0.0992. The van der Waals surface area contributed by atoms with Gasteiger partial charge in [-0.3, -0.25) is 0 Å². The van der Waals surface area contributed by atoms with Gasteiger partial charge in [-0.05, 0) is 42.8 Å². The number of rotatable bonds is 2. The van der Waals surface area contributed by atoms with Crippen LogP contribution in [-0.4, -0.2) is 10.2 Å². The van der Waals surface area contributed by atoms with Crippen molar-refractivity contribution in [2.75, 3.05) is 0 Å². The molecule has 18 heavy (non-hydrogen) atoms. The van der Waals surface area contributed by atoms with Crippen LogP contribution in [0.15, 0.2) is 42.5 Å². The van der Waals surface area contributed by atoms with Crippen molar-refractivity contribution in [3.63, 3.8) is 0 Å². The Morgan fingerprint density at radius 3 is 2.11 bits per heavy atom. The van der Waals surface area contributed by atoms with Gasteiger partial charge in [0, 0.05) is 15.6 Å². The van der Waals surface area contributed by atoms with Gasteiger partial charge in [0.2, 0.25) is 0 Å². The Morgan fingerprint density at radius 1 is 0.944 bits per heavy atom. The van der Waals surface area contributed by atoms with Crippen molar-refractivity contribution in [1.82, 2.24) is 0 Å². The van der Waals surface area contributed by atoms with Crippen LogP contribution in [-0.2, 0) is 5.60 Å². The smallest absolute Gasteiger partial charge is 0.122 e. The average Bonchev–Trinajstić information content (AvgIpc) is 2.32. The van der Waals surface area contributed by atoms with E-state index in [0.717, 1.165) is 0 Å². The Kier molecular flexibility index (Phi) is 3.53. The third-order valence-electron chi connectivity index (χ3n) is 2.89. The minimum Gasteiger partial charge on any atom is -0.508 e. The van der Waals surface area contributed by atoms with E-state index in [1.807, 2.05) is 0 Å². The average molecular weight is 283 g/mol. The molecule has 0 amide bonds. The van der Waals surface area contributed by atoms with E-state index >= 15 is 0 Å². The lowest BCUT2D eigenvalue weighted by Crippen LogP contribution is -2.22. The molecule has 0 aliphatic heterocycles. The molecule has 0 aromatic heterocycles. The molecule has 1 unspecified atom stereocenters. The second kappa shape index (κ2) is 4.81. The van der Waals surface area contributed by atoms with E-state index in [0.29, 0.717) is 21.2 Å². The Bertz CT molecular complexity index is 563. The van der Waals surface area contributed by atoms with Gasteiger partial charge in [0.15, 0.2) is 0 Å². The fourth-order valence-electron chi connectivity index (χ4n) is 1.83. The third-order valence-corrected chi connectivity index (χ3v) is 3.38. The minimum absolute atomic E-state index is 0.000602. The summed E-state index contributed by atoms with van der Waals surface area (Å²) in [4.78, 5) is 0. The highest BCUT2D eigenvalue weighted by atomic mass is 35.5. The van der Waals surface area contributed by atoms with Crippen LogP contribution in [0.5, 0.6) is 5.75 Å². The number of hydrogen-bond donors (Lipinski definition) is 2. The molecule has 2 N–H and O–H groups in total. The van der Waals surface area contributed by atoms with E-state index < -0.39 is 5.60 Å². The Labute approximate surface area is 115 Å². The Hall–Kier alpha value is -1.22. The molecule has 0 aliphatic carbocycles. The molecule has 0 saturated heterocycles. The standard InChI is InChI=1S/C14H12Cl2O2/c1-14(18,9-2-4-10(15)5-3-9)12-8-11(16)6-7-13(12)17/h2-8,17-18H,1H3. The van der Waals surface area contributed by atoms with Crippen LogP contribution in [0.4, 0.5) is 0 Å². The zero-order valence-electron chi connectivity index (χ0n) is 9.69. The van der Waals surface area contributed by atoms with Crippen molar-refractivity contribution in [3.05, 3.63) is 63.6 Å². The number of hydrogen-bond acceptors (Lipinski definition) is 2. The molecule has 2 aromatic rings. The summed E-state index contributed by atoms with van der Waals surface area (Å²) in [5, 5.41) is 21.5. The predicted molar refractivity (Wildman–Crippen MR) is 73.2 cm³/mol. The summed E-state index contributed by atoms with van der Waals surface area (Å²) in [6.07, 6.45) is 0. The lowest BCUT2D eigenvalue weighted by atomic mass is 9.88. The Morgan fingerprint density at radius 2 is 1.50 bits per heavy atom. The summed E-state index contributed by atoms with van der Waals surface area (Å²) in [6, 6.07) is 11.4. The quantitative estimate of drug-likeness (QED) is 0.876. The second-order valence-corrected chi connectivity index (χ2v) is 5.11. The number of phenolic OH excluding ortho intramolecular Hbond substituents is 1. The van der Waals surface area contributed by atoms with Gasteiger partial charge in [0.05, 0.1) is 0 Å². The number of aliphatic hydroxyl groups is 1. The molecular weight excluding hydrogens is 271 g/mol. The molecule has 94 valence electrons. The monoisotopic (exact) mass is 282 g/mol. The highest BCUT2D eigenvalue weighted by Crippen LogP contribution is 2.36. The van der Waals surface area contributed by atoms with Crippen LogP contribution in [0.3, 0.4) is 0 Å². The maximum atomic E-state index is 10.6. The molecule has 0 saturated carbocycles. The van der Waals surface area contributed by atoms with Crippen molar-refractivity contribution < 1.29 is 10.2 Å². The van der Waals surface area contributed by atoms with E-state index in [9.17, 15) is 10.2 Å². The van der Waals surface area contributed by atoms with E-state index in [1.165, 1.54) is 6.07 Å². The maximum Gasteiger partial charge on any atom is 0.122 e. The minimum atomic E-state index is -1.33. The van der Waals surface area contributed by atoms with Crippen LogP contribution in [0.25, 0.3) is 0 Å². The van der Waals surface area contributed by atoms with E-state index in [4.69, 9.17) is 23.2 Å². The highest BCUT2D eigenvalue weighted by Gasteiger charge is 2.28. The molecule has 1 atom stereocenters.